The largest absolute Gasteiger partial charge is 0.394 e. The van der Waals surface area contributed by atoms with E-state index in [0.717, 1.165) is 24.0 Å². The van der Waals surface area contributed by atoms with Crippen molar-refractivity contribution >= 4 is 17.7 Å². The second kappa shape index (κ2) is 11.3. The number of aliphatic hydroxyl groups excluding tert-OH is 1. The average molecular weight is 556 g/mol. The molecule has 0 saturated carbocycles. The molecule has 4 heterocycles. The van der Waals surface area contributed by atoms with Crippen LogP contribution < -0.4 is 0 Å². The quantitative estimate of drug-likeness (QED) is 0.506. The average Bonchev–Trinajstić information content (AvgIpc) is 3.32. The van der Waals surface area contributed by atoms with Crippen LogP contribution in [0.3, 0.4) is 0 Å². The summed E-state index contributed by atoms with van der Waals surface area (Å²) in [6.07, 6.45) is 8.71. The maximum Gasteiger partial charge on any atom is 0.249 e. The van der Waals surface area contributed by atoms with Crippen molar-refractivity contribution in [2.45, 2.75) is 50.1 Å². The molecule has 0 radical (unpaired) electrons. The van der Waals surface area contributed by atoms with Gasteiger partial charge in [0, 0.05) is 26.2 Å². The van der Waals surface area contributed by atoms with Gasteiger partial charge in [-0.25, -0.2) is 0 Å². The number of aliphatic hydroxyl groups is 1. The molecule has 6 atom stereocenters. The summed E-state index contributed by atoms with van der Waals surface area (Å²) in [7, 11) is 0. The van der Waals surface area contributed by atoms with Gasteiger partial charge in [0.25, 0.3) is 0 Å². The third kappa shape index (κ3) is 4.59. The van der Waals surface area contributed by atoms with Crippen molar-refractivity contribution in [3.63, 3.8) is 0 Å². The fourth-order valence-electron chi connectivity index (χ4n) is 7.04. The molecule has 4 aliphatic heterocycles. The molecular weight excluding hydrogens is 518 g/mol. The zero-order valence-corrected chi connectivity index (χ0v) is 23.3. The zero-order valence-electron chi connectivity index (χ0n) is 23.3. The lowest BCUT2D eigenvalue weighted by Crippen LogP contribution is -2.56. The van der Waals surface area contributed by atoms with Crippen LogP contribution in [0.4, 0.5) is 0 Å². The summed E-state index contributed by atoms with van der Waals surface area (Å²) in [4.78, 5) is 48.3. The van der Waals surface area contributed by atoms with E-state index in [2.05, 4.69) is 6.92 Å². The molecule has 1 N–H and O–H groups in total. The summed E-state index contributed by atoms with van der Waals surface area (Å²) >= 11 is 0. The lowest BCUT2D eigenvalue weighted by molar-refractivity contribution is -0.151. The zero-order chi connectivity index (χ0) is 28.6. The Morgan fingerprint density at radius 1 is 0.927 bits per heavy atom. The number of benzene rings is 2. The number of nitrogens with zero attached hydrogens (tertiary/aromatic N) is 3. The number of hydrogen-bond acceptors (Lipinski definition) is 5. The van der Waals surface area contributed by atoms with E-state index in [1.165, 1.54) is 4.90 Å². The Morgan fingerprint density at radius 2 is 1.63 bits per heavy atom. The van der Waals surface area contributed by atoms with Gasteiger partial charge in [0.05, 0.1) is 30.6 Å². The second-order valence-electron chi connectivity index (χ2n) is 11.4. The summed E-state index contributed by atoms with van der Waals surface area (Å²) < 4.78 is 6.75. The third-order valence-electron chi connectivity index (χ3n) is 8.95. The highest BCUT2D eigenvalue weighted by atomic mass is 16.5. The summed E-state index contributed by atoms with van der Waals surface area (Å²) in [6.45, 7) is 3.51. The molecule has 8 nitrogen and oxygen atoms in total. The SMILES string of the molecule is CCCCN1CC=C[C@]23O[C@@H]4C=CCN(Cc5ccccc5)C(=O)[C@@H]4[C@H]2C(=O)N([C@H](CO)c2ccccc2)C3C1=O. The van der Waals surface area contributed by atoms with Crippen molar-refractivity contribution in [2.24, 2.45) is 11.8 Å². The molecule has 1 unspecified atom stereocenters. The number of rotatable bonds is 8. The minimum absolute atomic E-state index is 0.159. The molecule has 1 spiro atoms. The van der Waals surface area contributed by atoms with Crippen LogP contribution in [-0.4, -0.2) is 81.5 Å². The molecule has 6 rings (SSSR count). The molecule has 0 bridgehead atoms. The van der Waals surface area contributed by atoms with Crippen LogP contribution in [0.15, 0.2) is 85.0 Å². The summed E-state index contributed by atoms with van der Waals surface area (Å²) in [5, 5.41) is 10.6. The highest BCUT2D eigenvalue weighted by Gasteiger charge is 2.72. The monoisotopic (exact) mass is 555 g/mol. The number of hydrogen-bond donors (Lipinski definition) is 1. The number of fused-ring (bicyclic) bond motifs is 2. The Labute approximate surface area is 240 Å². The molecule has 2 aromatic carbocycles. The molecule has 214 valence electrons. The van der Waals surface area contributed by atoms with E-state index in [9.17, 15) is 19.5 Å². The Kier molecular flexibility index (Phi) is 7.53. The number of ether oxygens (including phenoxy) is 1. The number of amides is 3. The molecule has 2 saturated heterocycles. The summed E-state index contributed by atoms with van der Waals surface area (Å²) in [5.41, 5.74) is 0.413. The van der Waals surface area contributed by atoms with Crippen molar-refractivity contribution < 1.29 is 24.2 Å². The van der Waals surface area contributed by atoms with Crippen LogP contribution in [-0.2, 0) is 25.7 Å². The maximum atomic E-state index is 14.6. The lowest BCUT2D eigenvalue weighted by atomic mass is 9.77. The minimum Gasteiger partial charge on any atom is -0.394 e. The first-order valence-electron chi connectivity index (χ1n) is 14.6. The topological polar surface area (TPSA) is 90.4 Å². The van der Waals surface area contributed by atoms with Crippen molar-refractivity contribution in [3.8, 4) is 0 Å². The van der Waals surface area contributed by atoms with E-state index in [0.29, 0.717) is 26.2 Å². The first-order valence-corrected chi connectivity index (χ1v) is 14.6. The molecule has 2 fully saturated rings. The van der Waals surface area contributed by atoms with Gasteiger partial charge in [0.2, 0.25) is 17.7 Å². The highest BCUT2D eigenvalue weighted by Crippen LogP contribution is 2.55. The van der Waals surface area contributed by atoms with E-state index < -0.39 is 35.6 Å². The van der Waals surface area contributed by atoms with Crippen molar-refractivity contribution in [2.75, 3.05) is 26.2 Å². The van der Waals surface area contributed by atoms with Crippen molar-refractivity contribution in [1.29, 1.82) is 0 Å². The van der Waals surface area contributed by atoms with Gasteiger partial charge in [-0.15, -0.1) is 0 Å². The highest BCUT2D eigenvalue weighted by molar-refractivity contribution is 6.00. The van der Waals surface area contributed by atoms with Crippen LogP contribution in [0.2, 0.25) is 0 Å². The standard InChI is InChI=1S/C33H37N3O5/c1-2-3-18-34-20-11-17-33-28(31(39)36(29(33)32(34)40)25(22-37)24-14-8-5-9-15-24)27-26(41-33)16-10-19-35(30(27)38)21-23-12-6-4-7-13-23/h4-17,25-29,37H,2-3,18-22H2,1H3/t25-,26-,27+,28+,29?,33+/m1/s1. The van der Waals surface area contributed by atoms with E-state index >= 15 is 0 Å². The normalized spacial score (nSPS) is 29.7. The number of unbranched alkanes of at least 4 members (excludes halogenated alkanes) is 1. The fourth-order valence-corrected chi connectivity index (χ4v) is 7.04. The number of carbonyl (C=O) groups is 3. The van der Waals surface area contributed by atoms with Crippen LogP contribution in [0.5, 0.6) is 0 Å². The molecule has 0 aromatic heterocycles. The van der Waals surface area contributed by atoms with Crippen molar-refractivity contribution in [3.05, 3.63) is 96.1 Å². The molecule has 8 heteroatoms. The van der Waals surface area contributed by atoms with Gasteiger partial charge in [-0.2, -0.15) is 0 Å². The van der Waals surface area contributed by atoms with E-state index in [-0.39, 0.29) is 24.3 Å². The fraction of sp³-hybridized carbons (Fsp3) is 0.424. The van der Waals surface area contributed by atoms with Crippen molar-refractivity contribution in [1.82, 2.24) is 14.7 Å². The van der Waals surface area contributed by atoms with Gasteiger partial charge in [-0.05, 0) is 17.5 Å². The molecule has 3 amide bonds. The number of likely N-dealkylation sites (tertiary alicyclic amines) is 1. The van der Waals surface area contributed by atoms with Crippen LogP contribution >= 0.6 is 0 Å². The van der Waals surface area contributed by atoms with Gasteiger partial charge < -0.3 is 24.5 Å². The molecule has 2 aromatic rings. The van der Waals surface area contributed by atoms with Gasteiger partial charge in [0.1, 0.15) is 11.6 Å². The van der Waals surface area contributed by atoms with Gasteiger partial charge in [-0.1, -0.05) is 98.3 Å². The molecule has 41 heavy (non-hydrogen) atoms. The maximum absolute atomic E-state index is 14.6. The van der Waals surface area contributed by atoms with E-state index in [1.807, 2.05) is 85.0 Å². The van der Waals surface area contributed by atoms with Crippen LogP contribution in [0.1, 0.15) is 36.9 Å². The Balaban J connectivity index is 1.43. The smallest absolute Gasteiger partial charge is 0.249 e. The summed E-state index contributed by atoms with van der Waals surface area (Å²) in [6, 6.07) is 17.3. The third-order valence-corrected chi connectivity index (χ3v) is 8.95. The minimum atomic E-state index is -1.32. The molecule has 0 aliphatic carbocycles. The van der Waals surface area contributed by atoms with E-state index in [4.69, 9.17) is 4.74 Å². The predicted octanol–water partition coefficient (Wildman–Crippen LogP) is 3.10. The van der Waals surface area contributed by atoms with Gasteiger partial charge in [0.15, 0.2) is 0 Å². The first-order chi connectivity index (χ1) is 20.0. The second-order valence-corrected chi connectivity index (χ2v) is 11.4. The molecule has 4 aliphatic rings. The Bertz CT molecular complexity index is 1350. The van der Waals surface area contributed by atoms with Gasteiger partial charge >= 0.3 is 0 Å². The molecular formula is C33H37N3O5. The predicted molar refractivity (Wildman–Crippen MR) is 153 cm³/mol. The first kappa shape index (κ1) is 27.4. The lowest BCUT2D eigenvalue weighted by Gasteiger charge is -2.38. The van der Waals surface area contributed by atoms with Crippen LogP contribution in [0.25, 0.3) is 0 Å². The Hall–Kier alpha value is -3.75. The summed E-state index contributed by atoms with van der Waals surface area (Å²) in [5.74, 6) is -2.37. The van der Waals surface area contributed by atoms with Gasteiger partial charge in [-0.3, -0.25) is 14.4 Å². The Morgan fingerprint density at radius 3 is 2.34 bits per heavy atom. The van der Waals surface area contributed by atoms with E-state index in [1.54, 1.807) is 9.80 Å². The number of carbonyl (C=O) groups excluding carboxylic acids is 3. The van der Waals surface area contributed by atoms with Crippen LogP contribution in [0, 0.1) is 11.8 Å².